The van der Waals surface area contributed by atoms with Gasteiger partial charge in [-0.3, -0.25) is 4.79 Å². The summed E-state index contributed by atoms with van der Waals surface area (Å²) in [7, 11) is 0. The average molecular weight is 376 g/mol. The summed E-state index contributed by atoms with van der Waals surface area (Å²) >= 11 is 0. The van der Waals surface area contributed by atoms with Gasteiger partial charge < -0.3 is 19.3 Å². The number of rotatable bonds is 2. The van der Waals surface area contributed by atoms with E-state index in [1.807, 2.05) is 0 Å². The number of carbonyl (C=O) groups is 3. The van der Waals surface area contributed by atoms with E-state index in [9.17, 15) is 19.5 Å². The van der Waals surface area contributed by atoms with Crippen LogP contribution in [-0.2, 0) is 28.6 Å². The number of esters is 2. The zero-order chi connectivity index (χ0) is 19.9. The lowest BCUT2D eigenvalue weighted by Gasteiger charge is -2.53. The van der Waals surface area contributed by atoms with Crippen LogP contribution in [-0.4, -0.2) is 52.3 Å². The predicted octanol–water partition coefficient (Wildman–Crippen LogP) is 1.09. The van der Waals surface area contributed by atoms with E-state index >= 15 is 0 Å². The van der Waals surface area contributed by atoms with E-state index < -0.39 is 52.6 Å². The van der Waals surface area contributed by atoms with Crippen molar-refractivity contribution in [2.75, 3.05) is 0 Å². The Morgan fingerprint density at radius 1 is 1.33 bits per heavy atom. The van der Waals surface area contributed by atoms with Crippen molar-refractivity contribution < 1.29 is 33.7 Å². The largest absolute Gasteiger partial charge is 0.458 e. The highest BCUT2D eigenvalue weighted by atomic mass is 16.7. The highest BCUT2D eigenvalue weighted by Crippen LogP contribution is 2.56. The first-order valence-corrected chi connectivity index (χ1v) is 9.16. The van der Waals surface area contributed by atoms with Gasteiger partial charge in [-0.05, 0) is 34.1 Å². The van der Waals surface area contributed by atoms with Gasteiger partial charge in [0.1, 0.15) is 6.10 Å². The first-order chi connectivity index (χ1) is 12.4. The van der Waals surface area contributed by atoms with E-state index in [-0.39, 0.29) is 17.5 Å². The topological polar surface area (TPSA) is 102 Å². The third-order valence-corrected chi connectivity index (χ3v) is 6.80. The first-order valence-electron chi connectivity index (χ1n) is 9.16. The van der Waals surface area contributed by atoms with Crippen molar-refractivity contribution in [3.8, 4) is 0 Å². The van der Waals surface area contributed by atoms with Gasteiger partial charge in [0.05, 0.1) is 23.0 Å². The molecule has 27 heavy (non-hydrogen) atoms. The Hall–Kier alpha value is -1.99. The van der Waals surface area contributed by atoms with Crippen molar-refractivity contribution >= 4 is 17.7 Å². The van der Waals surface area contributed by atoms with Crippen LogP contribution in [0.25, 0.3) is 0 Å². The molecule has 2 saturated heterocycles. The third-order valence-electron chi connectivity index (χ3n) is 6.80. The average Bonchev–Trinajstić information content (AvgIpc) is 3.08. The van der Waals surface area contributed by atoms with Crippen LogP contribution < -0.4 is 0 Å². The first kappa shape index (κ1) is 18.4. The summed E-state index contributed by atoms with van der Waals surface area (Å²) < 4.78 is 16.4. The molecule has 146 valence electrons. The molecule has 0 amide bonds. The maximum absolute atomic E-state index is 13.4. The molecule has 4 rings (SSSR count). The number of hydrogen-bond acceptors (Lipinski definition) is 7. The van der Waals surface area contributed by atoms with Crippen LogP contribution in [0.5, 0.6) is 0 Å². The molecule has 0 unspecified atom stereocenters. The zero-order valence-corrected chi connectivity index (χ0v) is 15.9. The minimum absolute atomic E-state index is 0.0912. The smallest absolute Gasteiger partial charge is 0.341 e. The molecule has 0 spiro atoms. The van der Waals surface area contributed by atoms with Crippen LogP contribution in [0.3, 0.4) is 0 Å². The molecule has 0 aromatic heterocycles. The Labute approximate surface area is 157 Å². The third kappa shape index (κ3) is 2.31. The van der Waals surface area contributed by atoms with Gasteiger partial charge in [-0.2, -0.15) is 0 Å². The van der Waals surface area contributed by atoms with Gasteiger partial charge in [0.15, 0.2) is 17.5 Å². The lowest BCUT2D eigenvalue weighted by molar-refractivity contribution is -0.192. The number of fused-ring (bicyclic) bond motifs is 3. The summed E-state index contributed by atoms with van der Waals surface area (Å²) in [4.78, 5) is 38.3. The van der Waals surface area contributed by atoms with Gasteiger partial charge in [-0.25, -0.2) is 9.59 Å². The Balaban J connectivity index is 1.76. The van der Waals surface area contributed by atoms with Crippen LogP contribution in [0.2, 0.25) is 0 Å². The molecule has 0 bridgehead atoms. The zero-order valence-electron chi connectivity index (χ0n) is 15.9. The maximum atomic E-state index is 13.4. The van der Waals surface area contributed by atoms with Gasteiger partial charge in [-0.1, -0.05) is 18.7 Å². The molecule has 2 heterocycles. The van der Waals surface area contributed by atoms with Crippen molar-refractivity contribution in [1.29, 1.82) is 0 Å². The molecule has 1 N–H and O–H groups in total. The standard InChI is InChI=1S/C20H24O7/c1-9-11-12(25-16(9)22)14-18(3,7-6-8-19(14,4)24)15(21)13(11)26-17(23)20(5)10(2)27-20/h6-7,10-14,24H,1,8H2,2-5H3/t10-,11+,12-,13-,14-,18+,19-,20-/m1/s1. The molecular formula is C20H24O7. The number of ether oxygens (including phenoxy) is 3. The molecule has 0 aromatic carbocycles. The predicted molar refractivity (Wildman–Crippen MR) is 92.3 cm³/mol. The molecule has 2 aliphatic carbocycles. The molecule has 2 aliphatic heterocycles. The van der Waals surface area contributed by atoms with Crippen molar-refractivity contribution in [2.45, 2.75) is 63.6 Å². The summed E-state index contributed by atoms with van der Waals surface area (Å²) in [5, 5.41) is 11.0. The molecule has 0 radical (unpaired) electrons. The number of ketones is 1. The minimum atomic E-state index is -1.25. The van der Waals surface area contributed by atoms with Crippen molar-refractivity contribution in [3.63, 3.8) is 0 Å². The van der Waals surface area contributed by atoms with Gasteiger partial charge in [-0.15, -0.1) is 0 Å². The van der Waals surface area contributed by atoms with E-state index in [2.05, 4.69) is 6.58 Å². The van der Waals surface area contributed by atoms with E-state index in [4.69, 9.17) is 14.2 Å². The molecule has 8 atom stereocenters. The molecule has 7 nitrogen and oxygen atoms in total. The second-order valence-corrected chi connectivity index (χ2v) is 8.70. The van der Waals surface area contributed by atoms with Crippen LogP contribution in [0.15, 0.2) is 24.3 Å². The van der Waals surface area contributed by atoms with Gasteiger partial charge in [0.2, 0.25) is 0 Å². The van der Waals surface area contributed by atoms with E-state index in [0.717, 1.165) is 0 Å². The SMILES string of the molecule is C=C1C(=O)O[C@@H]2[C@H]1[C@@H](OC(=O)[C@]1(C)O[C@@H]1C)C(=O)[C@@]1(C)C=CC[C@@](C)(O)[C@H]21. The van der Waals surface area contributed by atoms with Crippen molar-refractivity contribution in [2.24, 2.45) is 17.3 Å². The summed E-state index contributed by atoms with van der Waals surface area (Å²) in [6.07, 6.45) is 1.49. The number of allylic oxidation sites excluding steroid dienone is 1. The Bertz CT molecular complexity index is 796. The molecular weight excluding hydrogens is 352 g/mol. The maximum Gasteiger partial charge on any atom is 0.341 e. The second kappa shape index (κ2) is 5.29. The highest BCUT2D eigenvalue weighted by molar-refractivity contribution is 6.00. The normalized spacial score (nSPS) is 50.7. The summed E-state index contributed by atoms with van der Waals surface area (Å²) in [6.45, 7) is 10.4. The summed E-state index contributed by atoms with van der Waals surface area (Å²) in [5.74, 6) is -3.11. The Morgan fingerprint density at radius 2 is 1.96 bits per heavy atom. The number of hydrogen-bond donors (Lipinski definition) is 1. The summed E-state index contributed by atoms with van der Waals surface area (Å²) in [5.41, 5.74) is -3.38. The Kier molecular flexibility index (Phi) is 3.60. The summed E-state index contributed by atoms with van der Waals surface area (Å²) in [6, 6.07) is 0. The van der Waals surface area contributed by atoms with Gasteiger partial charge in [0, 0.05) is 11.5 Å². The van der Waals surface area contributed by atoms with E-state index in [1.54, 1.807) is 39.8 Å². The number of carbonyl (C=O) groups excluding carboxylic acids is 3. The quantitative estimate of drug-likeness (QED) is 0.333. The van der Waals surface area contributed by atoms with Crippen molar-refractivity contribution in [1.82, 2.24) is 0 Å². The molecule has 1 saturated carbocycles. The van der Waals surface area contributed by atoms with Crippen LogP contribution >= 0.6 is 0 Å². The lowest BCUT2D eigenvalue weighted by Crippen LogP contribution is -2.65. The van der Waals surface area contributed by atoms with Crippen LogP contribution in [0.4, 0.5) is 0 Å². The Morgan fingerprint density at radius 3 is 2.56 bits per heavy atom. The fourth-order valence-electron chi connectivity index (χ4n) is 4.96. The molecule has 7 heteroatoms. The van der Waals surface area contributed by atoms with Crippen molar-refractivity contribution in [3.05, 3.63) is 24.3 Å². The lowest BCUT2D eigenvalue weighted by atomic mass is 9.53. The number of aliphatic hydroxyl groups is 1. The minimum Gasteiger partial charge on any atom is -0.458 e. The van der Waals surface area contributed by atoms with Gasteiger partial charge >= 0.3 is 11.9 Å². The molecule has 4 aliphatic rings. The van der Waals surface area contributed by atoms with Crippen LogP contribution in [0, 0.1) is 17.3 Å². The highest BCUT2D eigenvalue weighted by Gasteiger charge is 2.68. The number of epoxide rings is 1. The molecule has 3 fully saturated rings. The van der Waals surface area contributed by atoms with Gasteiger partial charge in [0.25, 0.3) is 0 Å². The monoisotopic (exact) mass is 376 g/mol. The fourth-order valence-corrected chi connectivity index (χ4v) is 4.96. The van der Waals surface area contributed by atoms with E-state index in [0.29, 0.717) is 6.42 Å². The number of Topliss-reactive ketones (excluding diaryl/α,β-unsaturated/α-hetero) is 1. The van der Waals surface area contributed by atoms with E-state index in [1.165, 1.54) is 0 Å². The second-order valence-electron chi connectivity index (χ2n) is 8.70. The van der Waals surface area contributed by atoms with Crippen LogP contribution in [0.1, 0.15) is 34.1 Å². The molecule has 0 aromatic rings. The fraction of sp³-hybridized carbons (Fsp3) is 0.650.